The van der Waals surface area contributed by atoms with Gasteiger partial charge in [-0.25, -0.2) is 8.78 Å². The van der Waals surface area contributed by atoms with E-state index in [9.17, 15) is 13.6 Å². The summed E-state index contributed by atoms with van der Waals surface area (Å²) >= 11 is 0. The number of hydrogen-bond donors (Lipinski definition) is 2. The Hall–Kier alpha value is -2.37. The van der Waals surface area contributed by atoms with Crippen molar-refractivity contribution < 1.29 is 18.0 Å². The van der Waals surface area contributed by atoms with Gasteiger partial charge in [0, 0.05) is 11.6 Å². The highest BCUT2D eigenvalue weighted by atomic mass is 19.1. The van der Waals surface area contributed by atoms with Crippen molar-refractivity contribution in [3.63, 3.8) is 0 Å². The number of furan rings is 1. The molecule has 0 saturated carbocycles. The molecule has 0 aliphatic rings. The molecular formula is C12H10F2N2O2. The summed E-state index contributed by atoms with van der Waals surface area (Å²) in [6.07, 6.45) is 1.35. The van der Waals surface area contributed by atoms with Crippen molar-refractivity contribution in [2.24, 2.45) is 0 Å². The molecule has 1 heterocycles. The zero-order valence-corrected chi connectivity index (χ0v) is 9.46. The number of carbonyl (C=O) groups excluding carboxylic acids is 1. The number of benzene rings is 1. The summed E-state index contributed by atoms with van der Waals surface area (Å²) in [7, 11) is 0. The van der Waals surface area contributed by atoms with Gasteiger partial charge in [-0.3, -0.25) is 4.79 Å². The molecule has 0 saturated heterocycles. The van der Waals surface area contributed by atoms with E-state index >= 15 is 0 Å². The Morgan fingerprint density at radius 1 is 1.33 bits per heavy atom. The quantitative estimate of drug-likeness (QED) is 0.807. The molecule has 0 atom stereocenters. The molecule has 3 N–H and O–H groups in total. The first kappa shape index (κ1) is 12.1. The van der Waals surface area contributed by atoms with Gasteiger partial charge in [0.05, 0.1) is 17.6 Å². The largest absolute Gasteiger partial charge is 0.459 e. The van der Waals surface area contributed by atoms with Crippen LogP contribution in [0.25, 0.3) is 0 Å². The summed E-state index contributed by atoms with van der Waals surface area (Å²) in [4.78, 5) is 11.7. The summed E-state index contributed by atoms with van der Waals surface area (Å²) in [5, 5.41) is 2.27. The van der Waals surface area contributed by atoms with Crippen molar-refractivity contribution in [1.82, 2.24) is 0 Å². The molecule has 0 aliphatic carbocycles. The molecule has 2 aromatic rings. The van der Waals surface area contributed by atoms with Crippen molar-refractivity contribution in [1.29, 1.82) is 0 Å². The third kappa shape index (κ3) is 2.17. The summed E-state index contributed by atoms with van der Waals surface area (Å²) in [6, 6.07) is 3.23. The van der Waals surface area contributed by atoms with Crippen LogP contribution in [0.3, 0.4) is 0 Å². The average Bonchev–Trinajstić information content (AvgIpc) is 2.72. The van der Waals surface area contributed by atoms with Crippen LogP contribution in [0.5, 0.6) is 0 Å². The first-order chi connectivity index (χ1) is 8.49. The van der Waals surface area contributed by atoms with Crippen molar-refractivity contribution in [3.05, 3.63) is 47.4 Å². The van der Waals surface area contributed by atoms with Gasteiger partial charge >= 0.3 is 0 Å². The highest BCUT2D eigenvalue weighted by Gasteiger charge is 2.16. The molecule has 0 unspecified atom stereocenters. The molecule has 0 radical (unpaired) electrons. The molecule has 6 heteroatoms. The SMILES string of the molecule is Cc1ccoc1C(=O)Nc1cc(N)c(F)cc1F. The summed E-state index contributed by atoms with van der Waals surface area (Å²) in [5.74, 6) is -2.33. The Kier molecular flexibility index (Phi) is 3.01. The molecule has 1 aromatic heterocycles. The lowest BCUT2D eigenvalue weighted by Crippen LogP contribution is -2.13. The number of anilines is 2. The maximum absolute atomic E-state index is 13.4. The van der Waals surface area contributed by atoms with Gasteiger partial charge in [-0.2, -0.15) is 0 Å². The lowest BCUT2D eigenvalue weighted by Gasteiger charge is -2.07. The van der Waals surface area contributed by atoms with Gasteiger partial charge in [0.1, 0.15) is 11.6 Å². The number of nitrogens with one attached hydrogen (secondary N) is 1. The molecule has 0 fully saturated rings. The standard InChI is InChI=1S/C12H10F2N2O2/c1-6-2-3-18-11(6)12(17)16-10-5-9(15)7(13)4-8(10)14/h2-5H,15H2,1H3,(H,16,17). The van der Waals surface area contributed by atoms with Crippen molar-refractivity contribution in [2.75, 3.05) is 11.1 Å². The van der Waals surface area contributed by atoms with E-state index in [1.165, 1.54) is 6.26 Å². The number of hydrogen-bond acceptors (Lipinski definition) is 3. The molecule has 94 valence electrons. The minimum Gasteiger partial charge on any atom is -0.459 e. The third-order valence-corrected chi connectivity index (χ3v) is 2.40. The van der Waals surface area contributed by atoms with Gasteiger partial charge in [-0.15, -0.1) is 0 Å². The van der Waals surface area contributed by atoms with Crippen LogP contribution in [0.1, 0.15) is 16.1 Å². The Bertz CT molecular complexity index is 608. The topological polar surface area (TPSA) is 68.3 Å². The molecule has 1 aromatic carbocycles. The van der Waals surface area contributed by atoms with Crippen molar-refractivity contribution >= 4 is 17.3 Å². The van der Waals surface area contributed by atoms with E-state index in [0.29, 0.717) is 11.6 Å². The van der Waals surface area contributed by atoms with E-state index in [-0.39, 0.29) is 17.1 Å². The average molecular weight is 252 g/mol. The van der Waals surface area contributed by atoms with Crippen LogP contribution in [0, 0.1) is 18.6 Å². The number of nitrogens with two attached hydrogens (primary N) is 1. The van der Waals surface area contributed by atoms with Crippen LogP contribution in [0.4, 0.5) is 20.2 Å². The highest BCUT2D eigenvalue weighted by molar-refractivity contribution is 6.03. The maximum Gasteiger partial charge on any atom is 0.291 e. The van der Waals surface area contributed by atoms with E-state index in [4.69, 9.17) is 10.2 Å². The molecule has 0 spiro atoms. The molecule has 2 rings (SSSR count). The van der Waals surface area contributed by atoms with Crippen LogP contribution < -0.4 is 11.1 Å². The lowest BCUT2D eigenvalue weighted by molar-refractivity contribution is 0.0995. The van der Waals surface area contributed by atoms with Crippen molar-refractivity contribution in [2.45, 2.75) is 6.92 Å². The van der Waals surface area contributed by atoms with E-state index in [1.54, 1.807) is 13.0 Å². The second-order valence-corrected chi connectivity index (χ2v) is 3.74. The fourth-order valence-electron chi connectivity index (χ4n) is 1.45. The van der Waals surface area contributed by atoms with E-state index in [0.717, 1.165) is 6.07 Å². The molecule has 1 amide bonds. The predicted molar refractivity (Wildman–Crippen MR) is 62.2 cm³/mol. The summed E-state index contributed by atoms with van der Waals surface area (Å²) in [5.41, 5.74) is 5.46. The fourth-order valence-corrected chi connectivity index (χ4v) is 1.45. The zero-order valence-electron chi connectivity index (χ0n) is 9.46. The number of nitrogen functional groups attached to an aromatic ring is 1. The first-order valence-electron chi connectivity index (χ1n) is 5.09. The number of halogens is 2. The van der Waals surface area contributed by atoms with Crippen molar-refractivity contribution in [3.8, 4) is 0 Å². The molecule has 0 bridgehead atoms. The second kappa shape index (κ2) is 4.48. The fraction of sp³-hybridized carbons (Fsp3) is 0.0833. The van der Waals surface area contributed by atoms with Gasteiger partial charge in [-0.05, 0) is 19.1 Å². The Labute approximate surface area is 101 Å². The molecule has 0 aliphatic heterocycles. The second-order valence-electron chi connectivity index (χ2n) is 3.74. The van der Waals surface area contributed by atoms with Gasteiger partial charge in [0.15, 0.2) is 5.76 Å². The third-order valence-electron chi connectivity index (χ3n) is 2.40. The van der Waals surface area contributed by atoms with Crippen LogP contribution >= 0.6 is 0 Å². The van der Waals surface area contributed by atoms with Crippen LogP contribution in [-0.2, 0) is 0 Å². The normalized spacial score (nSPS) is 10.4. The number of amides is 1. The minimum absolute atomic E-state index is 0.0669. The monoisotopic (exact) mass is 252 g/mol. The first-order valence-corrected chi connectivity index (χ1v) is 5.09. The van der Waals surface area contributed by atoms with Gasteiger partial charge in [0.2, 0.25) is 0 Å². The lowest BCUT2D eigenvalue weighted by atomic mass is 10.2. The maximum atomic E-state index is 13.4. The zero-order chi connectivity index (χ0) is 13.3. The Morgan fingerprint density at radius 3 is 2.67 bits per heavy atom. The molecule has 4 nitrogen and oxygen atoms in total. The van der Waals surface area contributed by atoms with E-state index < -0.39 is 17.5 Å². The van der Waals surface area contributed by atoms with Gasteiger partial charge < -0.3 is 15.5 Å². The Morgan fingerprint density at radius 2 is 2.06 bits per heavy atom. The van der Waals surface area contributed by atoms with E-state index in [1.807, 2.05) is 0 Å². The van der Waals surface area contributed by atoms with E-state index in [2.05, 4.69) is 5.32 Å². The Balaban J connectivity index is 2.28. The minimum atomic E-state index is -0.903. The molecule has 18 heavy (non-hydrogen) atoms. The van der Waals surface area contributed by atoms with Gasteiger partial charge in [-0.1, -0.05) is 0 Å². The van der Waals surface area contributed by atoms with Crippen LogP contribution in [0.2, 0.25) is 0 Å². The number of rotatable bonds is 2. The summed E-state index contributed by atoms with van der Waals surface area (Å²) in [6.45, 7) is 1.67. The smallest absolute Gasteiger partial charge is 0.291 e. The predicted octanol–water partition coefficient (Wildman–Crippen LogP) is 2.70. The number of aryl methyl sites for hydroxylation is 1. The van der Waals surface area contributed by atoms with Gasteiger partial charge in [0.25, 0.3) is 5.91 Å². The van der Waals surface area contributed by atoms with Crippen LogP contribution in [-0.4, -0.2) is 5.91 Å². The molecular weight excluding hydrogens is 242 g/mol. The highest BCUT2D eigenvalue weighted by Crippen LogP contribution is 2.22. The summed E-state index contributed by atoms with van der Waals surface area (Å²) < 4.78 is 31.3. The van der Waals surface area contributed by atoms with Crippen LogP contribution in [0.15, 0.2) is 28.9 Å². The number of carbonyl (C=O) groups is 1.